The van der Waals surface area contributed by atoms with Crippen LogP contribution in [-0.4, -0.2) is 23.4 Å². The van der Waals surface area contributed by atoms with Gasteiger partial charge in [-0.3, -0.25) is 9.59 Å². The molecule has 4 rings (SSSR count). The van der Waals surface area contributed by atoms with Gasteiger partial charge < -0.3 is 10.6 Å². The van der Waals surface area contributed by atoms with Gasteiger partial charge in [-0.2, -0.15) is 0 Å². The van der Waals surface area contributed by atoms with Gasteiger partial charge in [0.2, 0.25) is 11.8 Å². The first-order valence-corrected chi connectivity index (χ1v) is 8.80. The highest BCUT2D eigenvalue weighted by Gasteiger charge is 2.51. The summed E-state index contributed by atoms with van der Waals surface area (Å²) in [6, 6.07) is -0.459. The molecule has 0 aromatic carbocycles. The molecule has 0 heterocycles. The lowest BCUT2D eigenvalue weighted by Gasteiger charge is -2.57. The molecule has 22 heavy (non-hydrogen) atoms. The van der Waals surface area contributed by atoms with Crippen LogP contribution in [0.1, 0.15) is 66.2 Å². The van der Waals surface area contributed by atoms with E-state index >= 15 is 0 Å². The second kappa shape index (κ2) is 5.24. The van der Waals surface area contributed by atoms with Crippen molar-refractivity contribution in [3.05, 3.63) is 0 Å². The minimum absolute atomic E-state index is 0.0143. The lowest BCUT2D eigenvalue weighted by molar-refractivity contribution is -0.135. The van der Waals surface area contributed by atoms with Crippen LogP contribution in [0.15, 0.2) is 0 Å². The highest BCUT2D eigenvalue weighted by Crippen LogP contribution is 2.55. The number of hydrogen-bond acceptors (Lipinski definition) is 2. The molecule has 0 saturated heterocycles. The first-order valence-electron chi connectivity index (χ1n) is 8.80. The van der Waals surface area contributed by atoms with Gasteiger partial charge in [-0.1, -0.05) is 20.8 Å². The van der Waals surface area contributed by atoms with Gasteiger partial charge in [-0.05, 0) is 63.2 Å². The topological polar surface area (TPSA) is 58.2 Å². The van der Waals surface area contributed by atoms with E-state index < -0.39 is 11.5 Å². The molecule has 4 aliphatic rings. The van der Waals surface area contributed by atoms with Crippen LogP contribution in [-0.2, 0) is 9.59 Å². The minimum atomic E-state index is -0.463. The van der Waals surface area contributed by atoms with Crippen LogP contribution >= 0.6 is 0 Å². The summed E-state index contributed by atoms with van der Waals surface area (Å²) in [4.78, 5) is 24.6. The number of nitrogens with one attached hydrogen (secondary N) is 2. The Morgan fingerprint density at radius 1 is 1.00 bits per heavy atom. The van der Waals surface area contributed by atoms with Crippen molar-refractivity contribution in [1.29, 1.82) is 0 Å². The molecule has 4 heteroatoms. The van der Waals surface area contributed by atoms with E-state index in [1.807, 2.05) is 20.8 Å². The molecule has 2 N–H and O–H groups in total. The molecule has 4 saturated carbocycles. The number of carbonyl (C=O) groups is 2. The van der Waals surface area contributed by atoms with E-state index in [0.29, 0.717) is 0 Å². The van der Waals surface area contributed by atoms with Crippen LogP contribution in [0, 0.1) is 23.2 Å². The summed E-state index contributed by atoms with van der Waals surface area (Å²) in [7, 11) is 0. The molecule has 0 aliphatic heterocycles. The maximum Gasteiger partial charge on any atom is 0.242 e. The Balaban J connectivity index is 1.61. The molecule has 2 amide bonds. The molecule has 0 spiro atoms. The number of rotatable bonds is 3. The highest BCUT2D eigenvalue weighted by atomic mass is 16.2. The normalized spacial score (nSPS) is 37.7. The van der Waals surface area contributed by atoms with Crippen molar-refractivity contribution in [3.63, 3.8) is 0 Å². The molecule has 1 atom stereocenters. The van der Waals surface area contributed by atoms with Crippen LogP contribution < -0.4 is 10.6 Å². The predicted octanol–water partition coefficient (Wildman–Crippen LogP) is 2.62. The van der Waals surface area contributed by atoms with Crippen molar-refractivity contribution in [1.82, 2.24) is 10.6 Å². The Morgan fingerprint density at radius 2 is 1.45 bits per heavy atom. The van der Waals surface area contributed by atoms with E-state index in [4.69, 9.17) is 0 Å². The Morgan fingerprint density at radius 3 is 1.86 bits per heavy atom. The fourth-order valence-electron chi connectivity index (χ4n) is 5.11. The van der Waals surface area contributed by atoms with Crippen molar-refractivity contribution < 1.29 is 9.59 Å². The molecule has 4 nitrogen and oxygen atoms in total. The third kappa shape index (κ3) is 3.02. The van der Waals surface area contributed by atoms with Gasteiger partial charge in [-0.25, -0.2) is 0 Å². The van der Waals surface area contributed by atoms with Crippen molar-refractivity contribution in [2.45, 2.75) is 77.8 Å². The summed E-state index contributed by atoms with van der Waals surface area (Å²) in [6.45, 7) is 7.39. The third-order valence-corrected chi connectivity index (χ3v) is 5.85. The van der Waals surface area contributed by atoms with Gasteiger partial charge >= 0.3 is 0 Å². The van der Waals surface area contributed by atoms with Crippen LogP contribution in [0.2, 0.25) is 0 Å². The van der Waals surface area contributed by atoms with Crippen molar-refractivity contribution in [3.8, 4) is 0 Å². The molecule has 4 fully saturated rings. The Hall–Kier alpha value is -1.06. The summed E-state index contributed by atoms with van der Waals surface area (Å²) in [6.07, 6.45) is 7.53. The fraction of sp³-hybridized carbons (Fsp3) is 0.889. The Bertz CT molecular complexity index is 443. The summed E-state index contributed by atoms with van der Waals surface area (Å²) < 4.78 is 0. The second-order valence-electron chi connectivity index (χ2n) is 9.13. The van der Waals surface area contributed by atoms with Gasteiger partial charge in [0.25, 0.3) is 0 Å². The molecule has 4 aliphatic carbocycles. The van der Waals surface area contributed by atoms with E-state index in [1.54, 1.807) is 6.92 Å². The van der Waals surface area contributed by atoms with E-state index in [0.717, 1.165) is 37.0 Å². The molecule has 0 aromatic heterocycles. The van der Waals surface area contributed by atoms with E-state index in [-0.39, 0.29) is 17.4 Å². The summed E-state index contributed by atoms with van der Waals surface area (Å²) in [5, 5.41) is 6.18. The molecule has 124 valence electrons. The smallest absolute Gasteiger partial charge is 0.242 e. The number of amides is 2. The van der Waals surface area contributed by atoms with Crippen LogP contribution in [0.25, 0.3) is 0 Å². The van der Waals surface area contributed by atoms with Crippen LogP contribution in [0.5, 0.6) is 0 Å². The third-order valence-electron chi connectivity index (χ3n) is 5.85. The average molecular weight is 306 g/mol. The van der Waals surface area contributed by atoms with Crippen molar-refractivity contribution >= 4 is 11.8 Å². The lowest BCUT2D eigenvalue weighted by atomic mass is 9.53. The van der Waals surface area contributed by atoms with E-state index in [1.165, 1.54) is 19.3 Å². The van der Waals surface area contributed by atoms with Crippen LogP contribution in [0.4, 0.5) is 0 Å². The lowest BCUT2D eigenvalue weighted by Crippen LogP contribution is -2.62. The first-order chi connectivity index (χ1) is 10.2. The molecule has 0 radical (unpaired) electrons. The highest BCUT2D eigenvalue weighted by molar-refractivity contribution is 5.89. The van der Waals surface area contributed by atoms with Gasteiger partial charge in [0, 0.05) is 11.0 Å². The summed E-state index contributed by atoms with van der Waals surface area (Å²) in [5.41, 5.74) is -0.443. The molecular weight excluding hydrogens is 276 g/mol. The maximum atomic E-state index is 12.6. The van der Waals surface area contributed by atoms with Gasteiger partial charge in [-0.15, -0.1) is 0 Å². The van der Waals surface area contributed by atoms with Crippen LogP contribution in [0.3, 0.4) is 0 Å². The quantitative estimate of drug-likeness (QED) is 0.842. The molecule has 1 unspecified atom stereocenters. The standard InChI is InChI=1S/C18H30N2O2/c1-11(19-16(22)17(2,3)4)15(21)20-18-8-12-5-13(9-18)7-14(6-12)10-18/h11-14H,5-10H2,1-4H3,(H,19,22)(H,20,21). The minimum Gasteiger partial charge on any atom is -0.349 e. The zero-order valence-corrected chi connectivity index (χ0v) is 14.4. The second-order valence-corrected chi connectivity index (χ2v) is 9.13. The predicted molar refractivity (Wildman–Crippen MR) is 86.1 cm³/mol. The SMILES string of the molecule is CC(NC(=O)C(C)(C)C)C(=O)NC12CC3CC(CC(C3)C1)C2. The summed E-state index contributed by atoms with van der Waals surface area (Å²) in [5.74, 6) is 2.35. The van der Waals surface area contributed by atoms with Gasteiger partial charge in [0.1, 0.15) is 6.04 Å². The van der Waals surface area contributed by atoms with Gasteiger partial charge in [0.05, 0.1) is 0 Å². The van der Waals surface area contributed by atoms with E-state index in [9.17, 15) is 9.59 Å². The fourth-order valence-corrected chi connectivity index (χ4v) is 5.11. The first kappa shape index (κ1) is 15.8. The Labute approximate surface area is 133 Å². The number of hydrogen-bond donors (Lipinski definition) is 2. The summed E-state index contributed by atoms with van der Waals surface area (Å²) >= 11 is 0. The average Bonchev–Trinajstić information content (AvgIpc) is 2.34. The van der Waals surface area contributed by atoms with Crippen molar-refractivity contribution in [2.75, 3.05) is 0 Å². The van der Waals surface area contributed by atoms with Gasteiger partial charge in [0.15, 0.2) is 0 Å². The molecule has 0 aromatic rings. The van der Waals surface area contributed by atoms with Crippen molar-refractivity contribution in [2.24, 2.45) is 23.2 Å². The monoisotopic (exact) mass is 306 g/mol. The number of carbonyl (C=O) groups excluding carboxylic acids is 2. The zero-order valence-electron chi connectivity index (χ0n) is 14.4. The Kier molecular flexibility index (Phi) is 3.77. The zero-order chi connectivity index (χ0) is 16.1. The maximum absolute atomic E-state index is 12.6. The van der Waals surface area contributed by atoms with E-state index in [2.05, 4.69) is 10.6 Å². The molecular formula is C18H30N2O2. The molecule has 4 bridgehead atoms. The largest absolute Gasteiger partial charge is 0.349 e.